The summed E-state index contributed by atoms with van der Waals surface area (Å²) in [4.78, 5) is 2.62. The normalized spacial score (nSPS) is 40.4. The molecule has 0 amide bonds. The second-order valence-corrected chi connectivity index (χ2v) is 10.8. The number of piperidine rings is 1. The molecule has 1 aliphatic rings. The highest BCUT2D eigenvalue weighted by Crippen LogP contribution is 2.60. The zero-order valence-corrected chi connectivity index (χ0v) is 17.2. The van der Waals surface area contributed by atoms with Crippen LogP contribution in [0.5, 0.6) is 0 Å². The Morgan fingerprint density at radius 3 is 2.30 bits per heavy atom. The highest BCUT2D eigenvalue weighted by Gasteiger charge is 2.63. The van der Waals surface area contributed by atoms with Gasteiger partial charge in [-0.1, -0.05) is 18.2 Å². The fourth-order valence-electron chi connectivity index (χ4n) is 3.35. The van der Waals surface area contributed by atoms with Crippen molar-refractivity contribution in [1.29, 1.82) is 0 Å². The summed E-state index contributed by atoms with van der Waals surface area (Å²) in [5.41, 5.74) is 2.07. The molecule has 0 aliphatic carbocycles. The van der Waals surface area contributed by atoms with Crippen LogP contribution in [0.2, 0.25) is 0 Å². The van der Waals surface area contributed by atoms with Crippen molar-refractivity contribution in [3.8, 4) is 0 Å². The molecule has 2 N–H and O–H groups in total. The molecule has 0 spiro atoms. The van der Waals surface area contributed by atoms with Crippen LogP contribution in [0.15, 0.2) is 30.5 Å². The van der Waals surface area contributed by atoms with Crippen LogP contribution in [0.3, 0.4) is 0 Å². The number of nitrogens with one attached hydrogen (secondary N) is 2. The Balaban J connectivity index is 2.28. The van der Waals surface area contributed by atoms with Gasteiger partial charge >= 0.3 is 0 Å². The third-order valence-corrected chi connectivity index (χ3v) is 8.26. The van der Waals surface area contributed by atoms with Gasteiger partial charge in [0, 0.05) is 32.4 Å². The monoisotopic (exact) mass is 398 g/mol. The van der Waals surface area contributed by atoms with E-state index in [-0.39, 0.29) is 5.92 Å². The highest BCUT2D eigenvalue weighted by atomic mass is 32.2. The molecule has 4 atom stereocenters. The molecule has 0 bridgehead atoms. The van der Waals surface area contributed by atoms with Crippen LogP contribution in [-0.4, -0.2) is 31.3 Å². The lowest BCUT2D eigenvalue weighted by Gasteiger charge is -2.62. The van der Waals surface area contributed by atoms with Gasteiger partial charge < -0.3 is 4.98 Å². The number of fused-ring (bicyclic) bond motifs is 1. The van der Waals surface area contributed by atoms with Crippen molar-refractivity contribution < 1.29 is 0 Å². The molecule has 1 aromatic heterocycles. The number of rotatable bonds is 1. The first-order valence-electron chi connectivity index (χ1n) is 7.18. The predicted molar refractivity (Wildman–Crippen MR) is 117 cm³/mol. The average Bonchev–Trinajstić information content (AvgIpc) is 2.80. The van der Waals surface area contributed by atoms with Crippen molar-refractivity contribution in [3.63, 3.8) is 0 Å². The Morgan fingerprint density at radius 1 is 1.04 bits per heavy atom. The van der Waals surface area contributed by atoms with Crippen LogP contribution < -0.4 is 5.32 Å². The number of para-hydroxylation sites is 1. The van der Waals surface area contributed by atoms with Gasteiger partial charge in [0.05, 0.1) is 12.7 Å². The number of H-pyrrole nitrogens is 1. The fraction of sp³-hybridized carbons (Fsp3) is 0.467. The summed E-state index contributed by atoms with van der Waals surface area (Å²) >= 11 is 23.8. The van der Waals surface area contributed by atoms with E-state index >= 15 is 0 Å². The molecule has 2 aromatic rings. The van der Waals surface area contributed by atoms with E-state index < -0.39 is 18.5 Å². The molecule has 23 heavy (non-hydrogen) atoms. The van der Waals surface area contributed by atoms with Gasteiger partial charge in [-0.05, 0) is 25.5 Å². The summed E-state index contributed by atoms with van der Waals surface area (Å²) < 4.78 is -2.74. The molecule has 4 unspecified atom stereocenters. The van der Waals surface area contributed by atoms with Crippen molar-refractivity contribution in [3.05, 3.63) is 36.0 Å². The molecule has 1 aromatic carbocycles. The quantitative estimate of drug-likeness (QED) is 0.224. The maximum Gasteiger partial charge on any atom is 0.114 e. The molecule has 3 rings (SSSR count). The number of hydrogen-bond acceptors (Lipinski definition) is 6. The van der Waals surface area contributed by atoms with Crippen LogP contribution in [0.4, 0.5) is 0 Å². The maximum atomic E-state index is 6.63. The first kappa shape index (κ1) is 18.3. The third kappa shape index (κ3) is 2.59. The summed E-state index contributed by atoms with van der Waals surface area (Å²) in [5, 5.41) is 4.35. The van der Waals surface area contributed by atoms with Gasteiger partial charge in [-0.15, -0.1) is 25.3 Å². The van der Waals surface area contributed by atoms with Crippen molar-refractivity contribution in [1.82, 2.24) is 10.3 Å². The molecule has 2 nitrogen and oxygen atoms in total. The van der Waals surface area contributed by atoms with Gasteiger partial charge in [-0.2, -0.15) is 37.9 Å². The standard InChI is InChI=1S/C15H19BN2S5/c1-12(19)11(9-7-17-10-6-4-3-5-8(9)10)14(16,21)15(22,23)18-13(12,2)20/h3-7,11,17-23H,1-2H3. The van der Waals surface area contributed by atoms with Crippen LogP contribution in [0.25, 0.3) is 10.9 Å². The van der Waals surface area contributed by atoms with E-state index in [2.05, 4.69) is 41.6 Å². The Bertz CT molecular complexity index is 727. The smallest absolute Gasteiger partial charge is 0.114 e. The van der Waals surface area contributed by atoms with E-state index in [0.29, 0.717) is 0 Å². The Kier molecular flexibility index (Phi) is 4.39. The van der Waals surface area contributed by atoms with Crippen LogP contribution in [0, 0.1) is 0 Å². The van der Waals surface area contributed by atoms with Gasteiger partial charge in [0.1, 0.15) is 4.20 Å². The van der Waals surface area contributed by atoms with Crippen LogP contribution in [-0.2, 0) is 0 Å². The van der Waals surface area contributed by atoms with Crippen LogP contribution >= 0.6 is 63.1 Å². The third-order valence-electron chi connectivity index (χ3n) is 4.90. The number of aromatic nitrogens is 1. The Hall–Kier alpha value is 0.535. The van der Waals surface area contributed by atoms with E-state index in [9.17, 15) is 0 Å². The van der Waals surface area contributed by atoms with E-state index in [1.165, 1.54) is 0 Å². The predicted octanol–water partition coefficient (Wildman–Crippen LogP) is 3.50. The Morgan fingerprint density at radius 2 is 1.65 bits per heavy atom. The van der Waals surface area contributed by atoms with Crippen LogP contribution in [0.1, 0.15) is 25.3 Å². The second kappa shape index (κ2) is 5.51. The topological polar surface area (TPSA) is 27.8 Å². The minimum Gasteiger partial charge on any atom is -0.361 e. The van der Waals surface area contributed by atoms with Crippen molar-refractivity contribution in [2.75, 3.05) is 0 Å². The molecule has 8 heteroatoms. The SMILES string of the molecule is [B]C1(S)C(c2c[nH]c3ccccc23)C(C)(S)C(C)(S)NC1(S)S. The van der Waals surface area contributed by atoms with Crippen molar-refractivity contribution in [2.24, 2.45) is 0 Å². The van der Waals surface area contributed by atoms with Gasteiger partial charge in [0.2, 0.25) is 0 Å². The largest absolute Gasteiger partial charge is 0.361 e. The minimum absolute atomic E-state index is 0.267. The lowest BCUT2D eigenvalue weighted by atomic mass is 9.62. The molecule has 1 saturated heterocycles. The van der Waals surface area contributed by atoms with Crippen molar-refractivity contribution >= 4 is 81.9 Å². The molecule has 1 aliphatic heterocycles. The first-order valence-corrected chi connectivity index (χ1v) is 9.41. The second-order valence-electron chi connectivity index (χ2n) is 6.56. The highest BCUT2D eigenvalue weighted by molar-refractivity contribution is 8.02. The molecule has 0 saturated carbocycles. The summed E-state index contributed by atoms with van der Waals surface area (Å²) in [7, 11) is 6.63. The van der Waals surface area contributed by atoms with E-state index in [0.717, 1.165) is 16.5 Å². The summed E-state index contributed by atoms with van der Waals surface area (Å²) in [6, 6.07) is 8.08. The maximum absolute atomic E-state index is 6.63. The Labute approximate surface area is 165 Å². The lowest BCUT2D eigenvalue weighted by molar-refractivity contribution is 0.251. The summed E-state index contributed by atoms with van der Waals surface area (Å²) in [6.45, 7) is 3.96. The molecular weight excluding hydrogens is 379 g/mol. The first-order chi connectivity index (χ1) is 10.4. The van der Waals surface area contributed by atoms with Gasteiger partial charge in [0.25, 0.3) is 0 Å². The fourth-order valence-corrected chi connectivity index (χ4v) is 5.48. The molecular formula is C15H19BN2S5. The lowest BCUT2D eigenvalue weighted by Crippen LogP contribution is -2.75. The number of thiol groups is 5. The summed E-state index contributed by atoms with van der Waals surface area (Å²) in [5.74, 6) is -0.267. The molecule has 2 heterocycles. The summed E-state index contributed by atoms with van der Waals surface area (Å²) in [6.07, 6.45) is 1.97. The number of hydrogen-bond donors (Lipinski definition) is 7. The zero-order valence-electron chi connectivity index (χ0n) is 12.8. The van der Waals surface area contributed by atoms with E-state index in [1.54, 1.807) is 0 Å². The number of benzene rings is 1. The molecule has 1 fully saturated rings. The van der Waals surface area contributed by atoms with Gasteiger partial charge in [0.15, 0.2) is 0 Å². The zero-order chi connectivity index (χ0) is 17.3. The van der Waals surface area contributed by atoms with E-state index in [1.807, 2.05) is 38.2 Å². The van der Waals surface area contributed by atoms with Gasteiger partial charge in [-0.3, -0.25) is 5.32 Å². The average molecular weight is 398 g/mol. The molecule has 2 radical (unpaired) electrons. The number of aromatic amines is 1. The minimum atomic E-state index is -1.08. The van der Waals surface area contributed by atoms with Gasteiger partial charge in [-0.25, -0.2) is 0 Å². The molecule has 122 valence electrons. The van der Waals surface area contributed by atoms with E-state index in [4.69, 9.17) is 45.7 Å². The van der Waals surface area contributed by atoms with Crippen molar-refractivity contribution in [2.45, 2.75) is 38.2 Å².